The van der Waals surface area contributed by atoms with E-state index in [4.69, 9.17) is 0 Å². The number of rotatable bonds is 5. The van der Waals surface area contributed by atoms with Crippen LogP contribution in [-0.4, -0.2) is 7.05 Å². The van der Waals surface area contributed by atoms with Gasteiger partial charge in [0.2, 0.25) is 0 Å². The van der Waals surface area contributed by atoms with Crippen molar-refractivity contribution in [1.29, 1.82) is 0 Å². The van der Waals surface area contributed by atoms with E-state index in [2.05, 4.69) is 75.5 Å². The summed E-state index contributed by atoms with van der Waals surface area (Å²) in [5.74, 6) is 2.62. The number of nitrogens with one attached hydrogen (secondary N) is 1. The van der Waals surface area contributed by atoms with Crippen molar-refractivity contribution < 1.29 is 0 Å². The monoisotopic (exact) mass is 321 g/mol. The van der Waals surface area contributed by atoms with Gasteiger partial charge >= 0.3 is 0 Å². The second-order valence-electron chi connectivity index (χ2n) is 7.86. The van der Waals surface area contributed by atoms with Gasteiger partial charge in [0.1, 0.15) is 0 Å². The predicted octanol–water partition coefficient (Wildman–Crippen LogP) is 6.01. The summed E-state index contributed by atoms with van der Waals surface area (Å²) < 4.78 is 0. The van der Waals surface area contributed by atoms with Gasteiger partial charge in [-0.1, -0.05) is 64.1 Å². The van der Waals surface area contributed by atoms with Crippen molar-refractivity contribution in [2.75, 3.05) is 12.4 Å². The Morgan fingerprint density at radius 2 is 1.83 bits per heavy atom. The van der Waals surface area contributed by atoms with Crippen molar-refractivity contribution >= 4 is 5.69 Å². The molecular weight excluding hydrogens is 290 g/mol. The van der Waals surface area contributed by atoms with E-state index in [1.165, 1.54) is 29.7 Å². The minimum atomic E-state index is 0.575. The van der Waals surface area contributed by atoms with Crippen molar-refractivity contribution in [2.24, 2.45) is 11.8 Å². The molecular formula is C23H31N. The van der Waals surface area contributed by atoms with Crippen LogP contribution in [0.1, 0.15) is 61.8 Å². The van der Waals surface area contributed by atoms with Gasteiger partial charge in [-0.3, -0.25) is 0 Å². The molecule has 3 unspecified atom stereocenters. The quantitative estimate of drug-likeness (QED) is 0.711. The normalized spacial score (nSPS) is 20.9. The lowest BCUT2D eigenvalue weighted by molar-refractivity contribution is 0.479. The van der Waals surface area contributed by atoms with Crippen LogP contribution in [-0.2, 0) is 12.8 Å². The molecule has 2 aromatic carbocycles. The van der Waals surface area contributed by atoms with Crippen LogP contribution in [0.3, 0.4) is 0 Å². The Morgan fingerprint density at radius 1 is 1.08 bits per heavy atom. The first-order chi connectivity index (χ1) is 11.5. The van der Waals surface area contributed by atoms with E-state index < -0.39 is 0 Å². The van der Waals surface area contributed by atoms with E-state index in [-0.39, 0.29) is 0 Å². The number of hydrogen-bond acceptors (Lipinski definition) is 1. The van der Waals surface area contributed by atoms with E-state index in [1.54, 1.807) is 11.1 Å². The third-order valence-corrected chi connectivity index (χ3v) is 6.11. The second-order valence-corrected chi connectivity index (χ2v) is 7.86. The number of benzene rings is 2. The van der Waals surface area contributed by atoms with Gasteiger partial charge in [-0.25, -0.2) is 0 Å². The molecule has 0 radical (unpaired) electrons. The molecule has 3 atom stereocenters. The summed E-state index contributed by atoms with van der Waals surface area (Å²) in [5.41, 5.74) is 7.35. The van der Waals surface area contributed by atoms with Crippen LogP contribution in [0.15, 0.2) is 42.5 Å². The van der Waals surface area contributed by atoms with E-state index in [0.717, 1.165) is 5.92 Å². The van der Waals surface area contributed by atoms with Gasteiger partial charge in [0, 0.05) is 12.7 Å². The minimum absolute atomic E-state index is 0.575. The van der Waals surface area contributed by atoms with Gasteiger partial charge in [-0.05, 0) is 64.8 Å². The Labute approximate surface area is 147 Å². The summed E-state index contributed by atoms with van der Waals surface area (Å²) in [6.45, 7) is 9.37. The second kappa shape index (κ2) is 7.01. The van der Waals surface area contributed by atoms with Crippen LogP contribution in [0.4, 0.5) is 5.69 Å². The Bertz CT molecular complexity index is 701. The third kappa shape index (κ3) is 3.22. The summed E-state index contributed by atoms with van der Waals surface area (Å²) in [4.78, 5) is 0. The van der Waals surface area contributed by atoms with Crippen LogP contribution in [0.5, 0.6) is 0 Å². The Balaban J connectivity index is 1.83. The lowest BCUT2D eigenvalue weighted by Gasteiger charge is -2.22. The summed E-state index contributed by atoms with van der Waals surface area (Å²) >= 11 is 0. The number of anilines is 1. The Kier molecular flexibility index (Phi) is 4.99. The molecule has 128 valence electrons. The van der Waals surface area contributed by atoms with Gasteiger partial charge in [0.25, 0.3) is 0 Å². The van der Waals surface area contributed by atoms with Crippen molar-refractivity contribution in [1.82, 2.24) is 0 Å². The summed E-state index contributed by atoms with van der Waals surface area (Å²) in [6, 6.07) is 16.0. The van der Waals surface area contributed by atoms with Crippen molar-refractivity contribution in [3.05, 3.63) is 64.7 Å². The SMILES string of the molecule is CNc1ccc(CC2Cc3ccccc3C2C)cc1C(C)C(C)C. The zero-order valence-electron chi connectivity index (χ0n) is 15.8. The van der Waals surface area contributed by atoms with Crippen LogP contribution in [0.2, 0.25) is 0 Å². The first-order valence-electron chi connectivity index (χ1n) is 9.39. The minimum Gasteiger partial charge on any atom is -0.388 e. The van der Waals surface area contributed by atoms with Gasteiger partial charge < -0.3 is 5.32 Å². The summed E-state index contributed by atoms with van der Waals surface area (Å²) in [7, 11) is 2.03. The maximum absolute atomic E-state index is 3.38. The fraction of sp³-hybridized carbons (Fsp3) is 0.478. The molecule has 0 spiro atoms. The average Bonchev–Trinajstić information content (AvgIpc) is 2.90. The van der Waals surface area contributed by atoms with Crippen molar-refractivity contribution in [3.8, 4) is 0 Å². The van der Waals surface area contributed by atoms with Crippen LogP contribution < -0.4 is 5.32 Å². The topological polar surface area (TPSA) is 12.0 Å². The smallest absolute Gasteiger partial charge is 0.0373 e. The fourth-order valence-electron chi connectivity index (χ4n) is 4.13. The molecule has 0 saturated heterocycles. The van der Waals surface area contributed by atoms with Crippen LogP contribution >= 0.6 is 0 Å². The highest BCUT2D eigenvalue weighted by atomic mass is 14.8. The highest BCUT2D eigenvalue weighted by Crippen LogP contribution is 2.40. The maximum Gasteiger partial charge on any atom is 0.0373 e. The molecule has 2 aromatic rings. The predicted molar refractivity (Wildman–Crippen MR) is 105 cm³/mol. The van der Waals surface area contributed by atoms with Gasteiger partial charge in [-0.2, -0.15) is 0 Å². The highest BCUT2D eigenvalue weighted by molar-refractivity contribution is 5.54. The molecule has 1 N–H and O–H groups in total. The van der Waals surface area contributed by atoms with Crippen LogP contribution in [0.25, 0.3) is 0 Å². The molecule has 1 aliphatic rings. The molecule has 24 heavy (non-hydrogen) atoms. The van der Waals surface area contributed by atoms with Gasteiger partial charge in [-0.15, -0.1) is 0 Å². The summed E-state index contributed by atoms with van der Waals surface area (Å²) in [6.07, 6.45) is 2.40. The lowest BCUT2D eigenvalue weighted by Crippen LogP contribution is -2.10. The largest absolute Gasteiger partial charge is 0.388 e. The molecule has 0 fully saturated rings. The van der Waals surface area contributed by atoms with Crippen LogP contribution in [0, 0.1) is 11.8 Å². The van der Waals surface area contributed by atoms with E-state index >= 15 is 0 Å². The lowest BCUT2D eigenvalue weighted by atomic mass is 9.85. The Morgan fingerprint density at radius 3 is 2.50 bits per heavy atom. The molecule has 0 bridgehead atoms. The van der Waals surface area contributed by atoms with E-state index in [9.17, 15) is 0 Å². The number of hydrogen-bond donors (Lipinski definition) is 1. The standard InChI is InChI=1S/C23H31N/c1-15(2)16(3)22-13-18(10-11-23(22)24-5)12-20-14-19-8-6-7-9-21(19)17(20)4/h6-11,13,15-17,20,24H,12,14H2,1-5H3. The molecule has 0 saturated carbocycles. The van der Waals surface area contributed by atoms with Crippen molar-refractivity contribution in [3.63, 3.8) is 0 Å². The molecule has 0 aliphatic heterocycles. The van der Waals surface area contributed by atoms with E-state index in [0.29, 0.717) is 17.8 Å². The molecule has 1 heteroatoms. The fourth-order valence-corrected chi connectivity index (χ4v) is 4.13. The molecule has 0 heterocycles. The average molecular weight is 322 g/mol. The summed E-state index contributed by atoms with van der Waals surface area (Å²) in [5, 5.41) is 3.38. The van der Waals surface area contributed by atoms with Crippen molar-refractivity contribution in [2.45, 2.75) is 52.4 Å². The molecule has 1 aliphatic carbocycles. The van der Waals surface area contributed by atoms with Gasteiger partial charge in [0.15, 0.2) is 0 Å². The zero-order chi connectivity index (χ0) is 17.3. The first kappa shape index (κ1) is 17.1. The first-order valence-corrected chi connectivity index (χ1v) is 9.39. The maximum atomic E-state index is 3.38. The Hall–Kier alpha value is -1.76. The molecule has 0 amide bonds. The highest BCUT2D eigenvalue weighted by Gasteiger charge is 2.29. The number of fused-ring (bicyclic) bond motifs is 1. The molecule has 0 aromatic heterocycles. The third-order valence-electron chi connectivity index (χ3n) is 6.11. The van der Waals surface area contributed by atoms with Gasteiger partial charge in [0.05, 0.1) is 0 Å². The zero-order valence-corrected chi connectivity index (χ0v) is 15.8. The molecule has 1 nitrogen and oxygen atoms in total. The molecule has 3 rings (SSSR count). The van der Waals surface area contributed by atoms with E-state index in [1.807, 2.05) is 7.05 Å².